The Morgan fingerprint density at radius 1 is 1.69 bits per heavy atom. The predicted molar refractivity (Wildman–Crippen MR) is 49.3 cm³/mol. The maximum atomic E-state index is 11.7. The van der Waals surface area contributed by atoms with E-state index in [1.807, 2.05) is 6.92 Å². The van der Waals surface area contributed by atoms with Gasteiger partial charge in [-0.1, -0.05) is 6.92 Å². The van der Waals surface area contributed by atoms with Crippen LogP contribution in [0.3, 0.4) is 0 Å². The second kappa shape index (κ2) is 2.98. The van der Waals surface area contributed by atoms with E-state index in [4.69, 9.17) is 4.74 Å². The first-order valence-corrected chi connectivity index (χ1v) is 5.11. The first-order chi connectivity index (χ1) is 6.16. The summed E-state index contributed by atoms with van der Waals surface area (Å²) >= 11 is 0. The van der Waals surface area contributed by atoms with Gasteiger partial charge in [0.15, 0.2) is 0 Å². The molecule has 3 fully saturated rings. The molecule has 0 radical (unpaired) electrons. The van der Waals surface area contributed by atoms with Crippen LogP contribution in [0.25, 0.3) is 0 Å². The number of hydrogen-bond donors (Lipinski definition) is 1. The highest BCUT2D eigenvalue weighted by atomic mass is 16.5. The standard InChI is InChI=1S/C10H17NO2/c1-3-7(2)11-9(12)10-4-8(5-10)6-13-10/h7-8H,3-6H2,1-2H3,(H,11,12)/t7-,8?,10?/m1/s1. The topological polar surface area (TPSA) is 38.3 Å². The van der Waals surface area contributed by atoms with Crippen molar-refractivity contribution in [2.75, 3.05) is 6.61 Å². The van der Waals surface area contributed by atoms with Crippen LogP contribution in [0.1, 0.15) is 33.1 Å². The van der Waals surface area contributed by atoms with Crippen LogP contribution in [0.5, 0.6) is 0 Å². The maximum Gasteiger partial charge on any atom is 0.252 e. The van der Waals surface area contributed by atoms with E-state index >= 15 is 0 Å². The number of fused-ring (bicyclic) bond motifs is 1. The first-order valence-electron chi connectivity index (χ1n) is 5.11. The van der Waals surface area contributed by atoms with Crippen molar-refractivity contribution in [3.8, 4) is 0 Å². The van der Waals surface area contributed by atoms with Gasteiger partial charge in [0, 0.05) is 6.04 Å². The molecule has 3 nitrogen and oxygen atoms in total. The Bertz CT molecular complexity index is 215. The van der Waals surface area contributed by atoms with Crippen LogP contribution in [-0.2, 0) is 9.53 Å². The molecule has 13 heavy (non-hydrogen) atoms. The summed E-state index contributed by atoms with van der Waals surface area (Å²) in [6.45, 7) is 4.88. The van der Waals surface area contributed by atoms with Crippen molar-refractivity contribution in [2.24, 2.45) is 5.92 Å². The molecule has 0 spiro atoms. The third kappa shape index (κ3) is 1.35. The lowest BCUT2D eigenvalue weighted by Gasteiger charge is -2.35. The van der Waals surface area contributed by atoms with Gasteiger partial charge in [-0.25, -0.2) is 0 Å². The SMILES string of the molecule is CC[C@@H](C)NC(=O)C12CC(CO1)C2. The van der Waals surface area contributed by atoms with Crippen molar-refractivity contribution in [3.63, 3.8) is 0 Å². The van der Waals surface area contributed by atoms with Crippen LogP contribution in [0.4, 0.5) is 0 Å². The smallest absolute Gasteiger partial charge is 0.252 e. The number of amides is 1. The van der Waals surface area contributed by atoms with Crippen molar-refractivity contribution in [2.45, 2.75) is 44.8 Å². The van der Waals surface area contributed by atoms with Gasteiger partial charge in [0.25, 0.3) is 5.91 Å². The van der Waals surface area contributed by atoms with E-state index in [1.54, 1.807) is 0 Å². The van der Waals surface area contributed by atoms with Crippen LogP contribution in [0.2, 0.25) is 0 Å². The van der Waals surface area contributed by atoms with Gasteiger partial charge >= 0.3 is 0 Å². The van der Waals surface area contributed by atoms with Gasteiger partial charge in [0.1, 0.15) is 5.60 Å². The Hall–Kier alpha value is -0.570. The van der Waals surface area contributed by atoms with Crippen LogP contribution in [-0.4, -0.2) is 24.2 Å². The Morgan fingerprint density at radius 3 is 2.85 bits per heavy atom. The highest BCUT2D eigenvalue weighted by molar-refractivity contribution is 5.87. The summed E-state index contributed by atoms with van der Waals surface area (Å²) in [6.07, 6.45) is 2.86. The van der Waals surface area contributed by atoms with E-state index in [2.05, 4.69) is 12.2 Å². The van der Waals surface area contributed by atoms with Gasteiger partial charge in [0.2, 0.25) is 0 Å². The molecular weight excluding hydrogens is 166 g/mol. The molecule has 1 saturated carbocycles. The zero-order valence-corrected chi connectivity index (χ0v) is 8.30. The van der Waals surface area contributed by atoms with E-state index in [0.717, 1.165) is 25.9 Å². The molecule has 2 heterocycles. The maximum absolute atomic E-state index is 11.7. The lowest BCUT2D eigenvalue weighted by Crippen LogP contribution is -2.53. The van der Waals surface area contributed by atoms with Crippen molar-refractivity contribution in [1.29, 1.82) is 0 Å². The molecule has 1 amide bonds. The van der Waals surface area contributed by atoms with Crippen molar-refractivity contribution in [3.05, 3.63) is 0 Å². The average molecular weight is 183 g/mol. The van der Waals surface area contributed by atoms with E-state index in [-0.39, 0.29) is 11.9 Å². The minimum Gasteiger partial charge on any atom is -0.365 e. The summed E-state index contributed by atoms with van der Waals surface area (Å²) < 4.78 is 5.51. The molecule has 0 aromatic carbocycles. The first kappa shape index (κ1) is 9.00. The molecule has 0 aromatic rings. The fraction of sp³-hybridized carbons (Fsp3) is 0.900. The Morgan fingerprint density at radius 2 is 2.38 bits per heavy atom. The average Bonchev–Trinajstić information content (AvgIpc) is 2.61. The van der Waals surface area contributed by atoms with Gasteiger partial charge in [-0.3, -0.25) is 4.79 Å². The number of nitrogens with one attached hydrogen (secondary N) is 1. The van der Waals surface area contributed by atoms with Gasteiger partial charge < -0.3 is 10.1 Å². The second-order valence-corrected chi connectivity index (χ2v) is 4.36. The minimum absolute atomic E-state index is 0.107. The van der Waals surface area contributed by atoms with Crippen LogP contribution < -0.4 is 5.32 Å². The van der Waals surface area contributed by atoms with Gasteiger partial charge in [0.05, 0.1) is 6.61 Å². The van der Waals surface area contributed by atoms with Crippen LogP contribution in [0.15, 0.2) is 0 Å². The third-order valence-corrected chi connectivity index (χ3v) is 3.24. The molecule has 1 aliphatic carbocycles. The van der Waals surface area contributed by atoms with E-state index < -0.39 is 5.60 Å². The monoisotopic (exact) mass is 183 g/mol. The number of ether oxygens (including phenoxy) is 1. The molecular formula is C10H17NO2. The number of carbonyl (C=O) groups is 1. The van der Waals surface area contributed by atoms with Gasteiger partial charge in [-0.15, -0.1) is 0 Å². The fourth-order valence-electron chi connectivity index (χ4n) is 2.09. The highest BCUT2D eigenvalue weighted by Crippen LogP contribution is 2.48. The molecule has 3 rings (SSSR count). The number of rotatable bonds is 3. The Kier molecular flexibility index (Phi) is 2.06. The molecule has 1 N–H and O–H groups in total. The zero-order chi connectivity index (χ0) is 9.47. The molecule has 3 aliphatic rings. The van der Waals surface area contributed by atoms with Crippen LogP contribution >= 0.6 is 0 Å². The molecule has 74 valence electrons. The summed E-state index contributed by atoms with van der Waals surface area (Å²) in [5.74, 6) is 0.762. The van der Waals surface area contributed by atoms with E-state index in [9.17, 15) is 4.79 Å². The molecule has 2 saturated heterocycles. The molecule has 2 aliphatic heterocycles. The largest absolute Gasteiger partial charge is 0.365 e. The molecule has 3 heteroatoms. The Labute approximate surface area is 78.8 Å². The second-order valence-electron chi connectivity index (χ2n) is 4.36. The number of hydrogen-bond acceptors (Lipinski definition) is 2. The van der Waals surface area contributed by atoms with Crippen molar-refractivity contribution < 1.29 is 9.53 Å². The zero-order valence-electron chi connectivity index (χ0n) is 8.30. The minimum atomic E-state index is -0.423. The molecule has 2 bridgehead atoms. The van der Waals surface area contributed by atoms with E-state index in [1.165, 1.54) is 0 Å². The summed E-state index contributed by atoms with van der Waals surface area (Å²) in [6, 6.07) is 0.269. The van der Waals surface area contributed by atoms with Gasteiger partial charge in [-0.05, 0) is 32.1 Å². The fourth-order valence-corrected chi connectivity index (χ4v) is 2.09. The summed E-state index contributed by atoms with van der Waals surface area (Å²) in [5, 5.41) is 2.99. The van der Waals surface area contributed by atoms with E-state index in [0.29, 0.717) is 5.92 Å². The highest BCUT2D eigenvalue weighted by Gasteiger charge is 2.57. The molecule has 0 aromatic heterocycles. The lowest BCUT2D eigenvalue weighted by molar-refractivity contribution is -0.144. The normalized spacial score (nSPS) is 38.2. The van der Waals surface area contributed by atoms with Gasteiger partial charge in [-0.2, -0.15) is 0 Å². The Balaban J connectivity index is 1.90. The lowest BCUT2D eigenvalue weighted by atomic mass is 9.74. The third-order valence-electron chi connectivity index (χ3n) is 3.24. The molecule has 1 atom stereocenters. The van der Waals surface area contributed by atoms with Crippen molar-refractivity contribution >= 4 is 5.91 Å². The summed E-state index contributed by atoms with van der Waals surface area (Å²) in [4.78, 5) is 11.7. The predicted octanol–water partition coefficient (Wildman–Crippen LogP) is 1.08. The summed E-state index contributed by atoms with van der Waals surface area (Å²) in [5.41, 5.74) is -0.423. The molecule has 0 unspecified atom stereocenters. The van der Waals surface area contributed by atoms with Crippen LogP contribution in [0, 0.1) is 5.92 Å². The quantitative estimate of drug-likeness (QED) is 0.711. The summed E-state index contributed by atoms with van der Waals surface area (Å²) in [7, 11) is 0. The number of carbonyl (C=O) groups excluding carboxylic acids is 1. The van der Waals surface area contributed by atoms with Crippen molar-refractivity contribution in [1.82, 2.24) is 5.32 Å².